The third-order valence-electron chi connectivity index (χ3n) is 2.48. The van der Waals surface area contributed by atoms with Crippen LogP contribution in [0.1, 0.15) is 27.7 Å². The molecule has 1 unspecified atom stereocenters. The van der Waals surface area contributed by atoms with Gasteiger partial charge in [-0.3, -0.25) is 0 Å². The molecule has 0 aromatic rings. The van der Waals surface area contributed by atoms with Gasteiger partial charge in [0.25, 0.3) is 0 Å². The van der Waals surface area contributed by atoms with E-state index < -0.39 is 10.0 Å². The smallest absolute Gasteiger partial charge is 0.214 e. The highest BCUT2D eigenvalue weighted by Crippen LogP contribution is 2.22. The molecule has 0 bridgehead atoms. The normalized spacial score (nSPS) is 26.7. The fourth-order valence-electron chi connectivity index (χ4n) is 1.78. The molecule has 4 nitrogen and oxygen atoms in total. The van der Waals surface area contributed by atoms with E-state index in [2.05, 4.69) is 0 Å². The summed E-state index contributed by atoms with van der Waals surface area (Å²) in [6.07, 6.45) is 0.167. The lowest BCUT2D eigenvalue weighted by Crippen LogP contribution is -2.32. The average Bonchev–Trinajstić information content (AvgIpc) is 2.37. The van der Waals surface area contributed by atoms with E-state index in [9.17, 15) is 8.42 Å². The zero-order chi connectivity index (χ0) is 11.6. The lowest BCUT2D eigenvalue weighted by Gasteiger charge is -2.18. The van der Waals surface area contributed by atoms with E-state index in [1.807, 2.05) is 27.7 Å². The Bertz CT molecular complexity index is 298. The van der Waals surface area contributed by atoms with Gasteiger partial charge >= 0.3 is 0 Å². The summed E-state index contributed by atoms with van der Waals surface area (Å²) in [7, 11) is -3.03. The summed E-state index contributed by atoms with van der Waals surface area (Å²) in [5.74, 6) is 0.359. The summed E-state index contributed by atoms with van der Waals surface area (Å²) in [5, 5.41) is 0. The molecule has 1 saturated heterocycles. The Morgan fingerprint density at radius 3 is 2.33 bits per heavy atom. The first kappa shape index (κ1) is 12.9. The molecule has 5 heteroatoms. The van der Waals surface area contributed by atoms with Crippen LogP contribution in [-0.2, 0) is 14.8 Å². The van der Waals surface area contributed by atoms with Crippen LogP contribution in [0.5, 0.6) is 0 Å². The van der Waals surface area contributed by atoms with Gasteiger partial charge in [0.2, 0.25) is 10.0 Å². The minimum atomic E-state index is -3.03. The van der Waals surface area contributed by atoms with Crippen LogP contribution in [0.4, 0.5) is 0 Å². The lowest BCUT2D eigenvalue weighted by molar-refractivity contribution is 0.0545. The zero-order valence-corrected chi connectivity index (χ0v) is 10.8. The van der Waals surface area contributed by atoms with Gasteiger partial charge in [-0.15, -0.1) is 0 Å². The highest BCUT2D eigenvalue weighted by molar-refractivity contribution is 7.89. The molecule has 1 aliphatic heterocycles. The van der Waals surface area contributed by atoms with Crippen molar-refractivity contribution >= 4 is 10.0 Å². The van der Waals surface area contributed by atoms with Crippen molar-refractivity contribution in [3.63, 3.8) is 0 Å². The monoisotopic (exact) mass is 235 g/mol. The third-order valence-corrected chi connectivity index (χ3v) is 4.66. The molecule has 0 radical (unpaired) electrons. The van der Waals surface area contributed by atoms with E-state index in [-0.39, 0.29) is 23.8 Å². The molecule has 1 atom stereocenters. The van der Waals surface area contributed by atoms with Gasteiger partial charge in [0.15, 0.2) is 0 Å². The largest absolute Gasteiger partial charge is 0.378 e. The van der Waals surface area contributed by atoms with Crippen LogP contribution in [0, 0.1) is 5.92 Å². The SMILES string of the molecule is CC(C)OCC1CN(C(C)C)S(=O)(=O)C1. The summed E-state index contributed by atoms with van der Waals surface area (Å²) in [6, 6.07) is 0.0547. The van der Waals surface area contributed by atoms with E-state index in [0.717, 1.165) is 0 Å². The van der Waals surface area contributed by atoms with Crippen molar-refractivity contribution < 1.29 is 13.2 Å². The average molecular weight is 235 g/mol. The summed E-state index contributed by atoms with van der Waals surface area (Å²) in [4.78, 5) is 0. The van der Waals surface area contributed by atoms with Crippen molar-refractivity contribution in [1.82, 2.24) is 4.31 Å². The Morgan fingerprint density at radius 1 is 1.33 bits per heavy atom. The Labute approximate surface area is 92.7 Å². The molecule has 0 N–H and O–H groups in total. The van der Waals surface area contributed by atoms with Crippen molar-refractivity contribution in [2.45, 2.75) is 39.8 Å². The molecule has 0 aromatic heterocycles. The number of hydrogen-bond donors (Lipinski definition) is 0. The summed E-state index contributed by atoms with van der Waals surface area (Å²) in [5.41, 5.74) is 0. The van der Waals surface area contributed by atoms with Crippen molar-refractivity contribution in [3.8, 4) is 0 Å². The Morgan fingerprint density at radius 2 is 1.93 bits per heavy atom. The fourth-order valence-corrected chi connectivity index (χ4v) is 3.84. The first-order valence-corrected chi connectivity index (χ1v) is 7.05. The van der Waals surface area contributed by atoms with E-state index in [4.69, 9.17) is 4.74 Å². The molecule has 0 aromatic carbocycles. The quantitative estimate of drug-likeness (QED) is 0.732. The lowest BCUT2D eigenvalue weighted by atomic mass is 10.2. The number of nitrogens with zero attached hydrogens (tertiary/aromatic N) is 1. The maximum absolute atomic E-state index is 11.7. The Balaban J connectivity index is 2.55. The highest BCUT2D eigenvalue weighted by Gasteiger charge is 2.37. The van der Waals surface area contributed by atoms with Gasteiger partial charge in [-0.2, -0.15) is 4.31 Å². The molecule has 15 heavy (non-hydrogen) atoms. The first-order valence-electron chi connectivity index (χ1n) is 5.44. The van der Waals surface area contributed by atoms with Gasteiger partial charge in [0.1, 0.15) is 0 Å². The third kappa shape index (κ3) is 3.43. The molecule has 0 aliphatic carbocycles. The van der Waals surface area contributed by atoms with Crippen LogP contribution in [-0.4, -0.2) is 43.8 Å². The maximum Gasteiger partial charge on any atom is 0.214 e. The number of ether oxygens (including phenoxy) is 1. The number of hydrogen-bond acceptors (Lipinski definition) is 3. The van der Waals surface area contributed by atoms with Crippen LogP contribution in [0.2, 0.25) is 0 Å². The van der Waals surface area contributed by atoms with Gasteiger partial charge in [-0.1, -0.05) is 0 Å². The summed E-state index contributed by atoms with van der Waals surface area (Å²) in [6.45, 7) is 8.88. The molecular formula is C10H21NO3S. The second-order valence-corrected chi connectivity index (χ2v) is 6.66. The highest BCUT2D eigenvalue weighted by atomic mass is 32.2. The maximum atomic E-state index is 11.7. The van der Waals surface area contributed by atoms with E-state index in [1.54, 1.807) is 4.31 Å². The van der Waals surface area contributed by atoms with Gasteiger partial charge in [0.05, 0.1) is 18.5 Å². The van der Waals surface area contributed by atoms with Gasteiger partial charge < -0.3 is 4.74 Å². The predicted molar refractivity (Wildman–Crippen MR) is 60.2 cm³/mol. The van der Waals surface area contributed by atoms with Crippen LogP contribution < -0.4 is 0 Å². The van der Waals surface area contributed by atoms with E-state index in [0.29, 0.717) is 13.2 Å². The molecule has 0 amide bonds. The summed E-state index contributed by atoms with van der Waals surface area (Å²) < 4.78 is 30.5. The molecule has 1 heterocycles. The molecule has 0 saturated carbocycles. The molecule has 1 rings (SSSR count). The van der Waals surface area contributed by atoms with Gasteiger partial charge in [-0.05, 0) is 27.7 Å². The summed E-state index contributed by atoms with van der Waals surface area (Å²) >= 11 is 0. The van der Waals surface area contributed by atoms with Crippen LogP contribution in [0.15, 0.2) is 0 Å². The minimum absolute atomic E-state index is 0.0547. The minimum Gasteiger partial charge on any atom is -0.378 e. The standard InChI is InChI=1S/C10H21NO3S/c1-8(2)11-5-10(6-14-9(3)4)7-15(11,12)13/h8-10H,5-7H2,1-4H3. The molecular weight excluding hydrogens is 214 g/mol. The predicted octanol–water partition coefficient (Wildman–Crippen LogP) is 1.08. The second-order valence-electron chi connectivity index (χ2n) is 4.69. The van der Waals surface area contributed by atoms with Crippen molar-refractivity contribution in [2.24, 2.45) is 5.92 Å². The van der Waals surface area contributed by atoms with E-state index >= 15 is 0 Å². The van der Waals surface area contributed by atoms with Crippen LogP contribution in [0.25, 0.3) is 0 Å². The first-order chi connectivity index (χ1) is 6.83. The molecule has 90 valence electrons. The molecule has 1 aliphatic rings. The van der Waals surface area contributed by atoms with Crippen LogP contribution in [0.3, 0.4) is 0 Å². The molecule has 1 fully saturated rings. The van der Waals surface area contributed by atoms with Gasteiger partial charge in [-0.25, -0.2) is 8.42 Å². The fraction of sp³-hybridized carbons (Fsp3) is 1.00. The van der Waals surface area contributed by atoms with Crippen molar-refractivity contribution in [3.05, 3.63) is 0 Å². The topological polar surface area (TPSA) is 46.6 Å². The van der Waals surface area contributed by atoms with Gasteiger partial charge in [0, 0.05) is 18.5 Å². The molecule has 0 spiro atoms. The Hall–Kier alpha value is -0.130. The van der Waals surface area contributed by atoms with Crippen LogP contribution >= 0.6 is 0 Å². The zero-order valence-electron chi connectivity index (χ0n) is 9.93. The Kier molecular flexibility index (Phi) is 4.14. The van der Waals surface area contributed by atoms with Crippen molar-refractivity contribution in [1.29, 1.82) is 0 Å². The second kappa shape index (κ2) is 4.80. The number of rotatable bonds is 4. The van der Waals surface area contributed by atoms with E-state index in [1.165, 1.54) is 0 Å². The van der Waals surface area contributed by atoms with Crippen molar-refractivity contribution in [2.75, 3.05) is 18.9 Å². The number of sulfonamides is 1.